The number of hydrogen-bond donors (Lipinski definition) is 0. The zero-order chi connectivity index (χ0) is 14.7. The maximum absolute atomic E-state index is 13.7. The molecule has 5 heteroatoms. The Hall–Kier alpha value is -1.78. The summed E-state index contributed by atoms with van der Waals surface area (Å²) in [5, 5.41) is 10.7. The molecule has 1 fully saturated rings. The summed E-state index contributed by atoms with van der Waals surface area (Å²) in [4.78, 5) is 22.2. The summed E-state index contributed by atoms with van der Waals surface area (Å²) in [5.41, 5.74) is -0.398. The van der Waals surface area contributed by atoms with Crippen molar-refractivity contribution < 1.29 is 14.1 Å². The minimum atomic E-state index is -0.676. The molecule has 0 spiro atoms. The monoisotopic (exact) mass is 279 g/mol. The van der Waals surface area contributed by atoms with Crippen LogP contribution in [0.15, 0.2) is 18.2 Å². The van der Waals surface area contributed by atoms with E-state index in [1.165, 1.54) is 0 Å². The molecule has 0 saturated heterocycles. The van der Waals surface area contributed by atoms with E-state index in [1.807, 2.05) is 0 Å². The number of rotatable bonds is 4. The van der Waals surface area contributed by atoms with Crippen LogP contribution in [0.1, 0.15) is 49.4 Å². The second-order valence-corrected chi connectivity index (χ2v) is 5.67. The van der Waals surface area contributed by atoms with Crippen LogP contribution in [0.2, 0.25) is 0 Å². The van der Waals surface area contributed by atoms with Gasteiger partial charge in [-0.1, -0.05) is 19.8 Å². The smallest absolute Gasteiger partial charge is 0.270 e. The van der Waals surface area contributed by atoms with E-state index in [4.69, 9.17) is 0 Å². The van der Waals surface area contributed by atoms with E-state index in [2.05, 4.69) is 6.92 Å². The SMILES string of the molecule is CC1CCC(CC(=O)c2cc([N+](=O)[O-])ccc2F)CC1. The van der Waals surface area contributed by atoms with Gasteiger partial charge in [0.2, 0.25) is 0 Å². The molecular formula is C15H18FNO3. The highest BCUT2D eigenvalue weighted by Gasteiger charge is 2.23. The van der Waals surface area contributed by atoms with E-state index in [1.54, 1.807) is 0 Å². The van der Waals surface area contributed by atoms with Crippen LogP contribution >= 0.6 is 0 Å². The fourth-order valence-corrected chi connectivity index (χ4v) is 2.75. The quantitative estimate of drug-likeness (QED) is 0.473. The Labute approximate surface area is 117 Å². The summed E-state index contributed by atoms with van der Waals surface area (Å²) < 4.78 is 13.7. The average molecular weight is 279 g/mol. The lowest BCUT2D eigenvalue weighted by atomic mass is 9.80. The molecule has 0 bridgehead atoms. The molecular weight excluding hydrogens is 261 g/mol. The molecule has 1 aliphatic rings. The van der Waals surface area contributed by atoms with Crippen LogP contribution in [0, 0.1) is 27.8 Å². The second kappa shape index (κ2) is 6.11. The molecule has 0 unspecified atom stereocenters. The number of hydrogen-bond acceptors (Lipinski definition) is 3. The van der Waals surface area contributed by atoms with E-state index in [0.717, 1.165) is 43.9 Å². The molecule has 20 heavy (non-hydrogen) atoms. The molecule has 0 atom stereocenters. The number of non-ortho nitro benzene ring substituents is 1. The Kier molecular flexibility index (Phi) is 4.47. The van der Waals surface area contributed by atoms with Crippen molar-refractivity contribution in [2.45, 2.75) is 39.0 Å². The third kappa shape index (κ3) is 3.40. The number of nitrogens with zero attached hydrogens (tertiary/aromatic N) is 1. The fraction of sp³-hybridized carbons (Fsp3) is 0.533. The number of benzene rings is 1. The van der Waals surface area contributed by atoms with Crippen molar-refractivity contribution in [1.29, 1.82) is 0 Å². The lowest BCUT2D eigenvalue weighted by Crippen LogP contribution is -2.16. The third-order valence-electron chi connectivity index (χ3n) is 4.07. The molecule has 0 radical (unpaired) electrons. The summed E-state index contributed by atoms with van der Waals surface area (Å²) in [6, 6.07) is 3.12. The van der Waals surface area contributed by atoms with Crippen LogP contribution in [0.25, 0.3) is 0 Å². The maximum Gasteiger partial charge on any atom is 0.270 e. The van der Waals surface area contributed by atoms with E-state index in [9.17, 15) is 19.3 Å². The molecule has 4 nitrogen and oxygen atoms in total. The summed E-state index contributed by atoms with van der Waals surface area (Å²) in [7, 11) is 0. The predicted molar refractivity (Wildman–Crippen MR) is 73.1 cm³/mol. The van der Waals surface area contributed by atoms with Crippen molar-refractivity contribution >= 4 is 11.5 Å². The van der Waals surface area contributed by atoms with E-state index in [0.29, 0.717) is 5.92 Å². The van der Waals surface area contributed by atoms with E-state index < -0.39 is 10.7 Å². The Bertz CT molecular complexity index is 522. The summed E-state index contributed by atoms with van der Waals surface area (Å²) in [6.45, 7) is 2.19. The minimum Gasteiger partial charge on any atom is -0.294 e. The first-order valence-corrected chi connectivity index (χ1v) is 6.94. The Morgan fingerprint density at radius 1 is 1.35 bits per heavy atom. The van der Waals surface area contributed by atoms with Gasteiger partial charge in [0.25, 0.3) is 5.69 Å². The molecule has 108 valence electrons. The van der Waals surface area contributed by atoms with Gasteiger partial charge in [0.05, 0.1) is 10.5 Å². The van der Waals surface area contributed by atoms with Crippen LogP contribution in [0.3, 0.4) is 0 Å². The maximum atomic E-state index is 13.7. The van der Waals surface area contributed by atoms with Gasteiger partial charge in [0, 0.05) is 18.6 Å². The highest BCUT2D eigenvalue weighted by Crippen LogP contribution is 2.31. The van der Waals surface area contributed by atoms with Crippen molar-refractivity contribution in [3.05, 3.63) is 39.7 Å². The summed E-state index contributed by atoms with van der Waals surface area (Å²) in [6.07, 6.45) is 4.42. The Morgan fingerprint density at radius 2 is 2.00 bits per heavy atom. The van der Waals surface area contributed by atoms with Crippen LogP contribution in [0.5, 0.6) is 0 Å². The zero-order valence-electron chi connectivity index (χ0n) is 11.5. The van der Waals surface area contributed by atoms with Gasteiger partial charge in [0.15, 0.2) is 5.78 Å². The summed E-state index contributed by atoms with van der Waals surface area (Å²) >= 11 is 0. The van der Waals surface area contributed by atoms with Gasteiger partial charge in [-0.2, -0.15) is 0 Å². The Morgan fingerprint density at radius 3 is 2.60 bits per heavy atom. The minimum absolute atomic E-state index is 0.155. The summed E-state index contributed by atoms with van der Waals surface area (Å²) in [5.74, 6) is -0.0382. The zero-order valence-corrected chi connectivity index (χ0v) is 11.5. The van der Waals surface area contributed by atoms with Gasteiger partial charge in [-0.15, -0.1) is 0 Å². The van der Waals surface area contributed by atoms with Gasteiger partial charge >= 0.3 is 0 Å². The van der Waals surface area contributed by atoms with Crippen LogP contribution in [-0.2, 0) is 0 Å². The molecule has 0 N–H and O–H groups in total. The standard InChI is InChI=1S/C15H18FNO3/c1-10-2-4-11(5-3-10)8-15(18)13-9-12(17(19)20)6-7-14(13)16/h6-7,9-11H,2-5,8H2,1H3. The number of carbonyl (C=O) groups is 1. The topological polar surface area (TPSA) is 60.2 Å². The largest absolute Gasteiger partial charge is 0.294 e. The molecule has 1 aromatic rings. The molecule has 1 aromatic carbocycles. The lowest BCUT2D eigenvalue weighted by molar-refractivity contribution is -0.384. The fourth-order valence-electron chi connectivity index (χ4n) is 2.75. The van der Waals surface area contributed by atoms with Crippen molar-refractivity contribution in [1.82, 2.24) is 0 Å². The van der Waals surface area contributed by atoms with Crippen molar-refractivity contribution in [3.63, 3.8) is 0 Å². The molecule has 1 saturated carbocycles. The Balaban J connectivity index is 2.08. The first-order valence-electron chi connectivity index (χ1n) is 6.94. The predicted octanol–water partition coefficient (Wildman–Crippen LogP) is 4.13. The first-order chi connectivity index (χ1) is 9.47. The molecule has 0 aromatic heterocycles. The van der Waals surface area contributed by atoms with Gasteiger partial charge < -0.3 is 0 Å². The van der Waals surface area contributed by atoms with E-state index >= 15 is 0 Å². The lowest BCUT2D eigenvalue weighted by Gasteiger charge is -2.25. The number of nitro groups is 1. The molecule has 0 heterocycles. The van der Waals surface area contributed by atoms with E-state index in [-0.39, 0.29) is 29.4 Å². The number of carbonyl (C=O) groups excluding carboxylic acids is 1. The van der Waals surface area contributed by atoms with Crippen molar-refractivity contribution in [3.8, 4) is 0 Å². The van der Waals surface area contributed by atoms with Gasteiger partial charge in [-0.3, -0.25) is 14.9 Å². The van der Waals surface area contributed by atoms with Crippen molar-refractivity contribution in [2.24, 2.45) is 11.8 Å². The number of Topliss-reactive ketones (excluding diaryl/α,β-unsaturated/α-hetero) is 1. The molecule has 0 amide bonds. The first kappa shape index (κ1) is 14.6. The second-order valence-electron chi connectivity index (χ2n) is 5.67. The normalized spacial score (nSPS) is 22.5. The average Bonchev–Trinajstić information content (AvgIpc) is 2.41. The number of ketones is 1. The van der Waals surface area contributed by atoms with Crippen molar-refractivity contribution in [2.75, 3.05) is 0 Å². The highest BCUT2D eigenvalue weighted by molar-refractivity contribution is 5.97. The van der Waals surface area contributed by atoms with Gasteiger partial charge in [-0.25, -0.2) is 4.39 Å². The highest BCUT2D eigenvalue weighted by atomic mass is 19.1. The third-order valence-corrected chi connectivity index (χ3v) is 4.07. The molecule has 1 aliphatic carbocycles. The van der Waals surface area contributed by atoms with Gasteiger partial charge in [0.1, 0.15) is 5.82 Å². The van der Waals surface area contributed by atoms with Crippen LogP contribution < -0.4 is 0 Å². The van der Waals surface area contributed by atoms with Crippen LogP contribution in [0.4, 0.5) is 10.1 Å². The number of halogens is 1. The van der Waals surface area contributed by atoms with Crippen LogP contribution in [-0.4, -0.2) is 10.7 Å². The number of nitro benzene ring substituents is 1. The molecule has 0 aliphatic heterocycles. The molecule has 2 rings (SSSR count). The van der Waals surface area contributed by atoms with Gasteiger partial charge in [-0.05, 0) is 30.7 Å².